The first-order valence-corrected chi connectivity index (χ1v) is 8.99. The van der Waals surface area contributed by atoms with Gasteiger partial charge in [-0.25, -0.2) is 5.43 Å². The molecule has 0 saturated heterocycles. The van der Waals surface area contributed by atoms with Crippen LogP contribution in [0.2, 0.25) is 0 Å². The number of nitrogens with zero attached hydrogens (tertiary/aromatic N) is 1. The van der Waals surface area contributed by atoms with Gasteiger partial charge >= 0.3 is 0 Å². The van der Waals surface area contributed by atoms with Crippen LogP contribution in [0, 0.1) is 0 Å². The highest BCUT2D eigenvalue weighted by atomic mass is 79.9. The highest BCUT2D eigenvalue weighted by Gasteiger charge is 2.09. The summed E-state index contributed by atoms with van der Waals surface area (Å²) >= 11 is 3.37. The van der Waals surface area contributed by atoms with Crippen LogP contribution in [-0.2, 0) is 9.59 Å². The second-order valence-electron chi connectivity index (χ2n) is 5.37. The minimum Gasteiger partial charge on any atom is -0.496 e. The Morgan fingerprint density at radius 1 is 1.15 bits per heavy atom. The van der Waals surface area contributed by atoms with Crippen molar-refractivity contribution in [2.45, 2.75) is 13.3 Å². The van der Waals surface area contributed by atoms with Crippen LogP contribution in [0.25, 0.3) is 0 Å². The van der Waals surface area contributed by atoms with E-state index >= 15 is 0 Å². The minimum atomic E-state index is -0.512. The summed E-state index contributed by atoms with van der Waals surface area (Å²) in [6, 6.07) is 12.3. The van der Waals surface area contributed by atoms with E-state index in [-0.39, 0.29) is 6.42 Å². The smallest absolute Gasteiger partial charge is 0.249 e. The highest BCUT2D eigenvalue weighted by molar-refractivity contribution is 9.10. The molecule has 27 heavy (non-hydrogen) atoms. The molecule has 0 aliphatic rings. The van der Waals surface area contributed by atoms with E-state index in [9.17, 15) is 9.59 Å². The first-order valence-electron chi connectivity index (χ1n) is 8.20. The Hall–Kier alpha value is -2.87. The molecule has 2 amide bonds. The number of ether oxygens (including phenoxy) is 2. The van der Waals surface area contributed by atoms with E-state index < -0.39 is 11.8 Å². The van der Waals surface area contributed by atoms with E-state index in [4.69, 9.17) is 9.47 Å². The monoisotopic (exact) mass is 433 g/mol. The van der Waals surface area contributed by atoms with Gasteiger partial charge in [0.1, 0.15) is 17.9 Å². The largest absolute Gasteiger partial charge is 0.496 e. The number of hydrogen-bond donors (Lipinski definition) is 2. The number of hydrogen-bond acceptors (Lipinski definition) is 5. The molecule has 0 spiro atoms. The molecular formula is C19H20BrN3O4. The average molecular weight is 434 g/mol. The molecular weight excluding hydrogens is 414 g/mol. The van der Waals surface area contributed by atoms with Crippen LogP contribution in [-0.4, -0.2) is 31.7 Å². The van der Waals surface area contributed by atoms with Gasteiger partial charge in [0.25, 0.3) is 0 Å². The third-order valence-corrected chi connectivity index (χ3v) is 3.97. The van der Waals surface area contributed by atoms with Gasteiger partial charge in [-0.2, -0.15) is 5.10 Å². The zero-order valence-corrected chi connectivity index (χ0v) is 16.6. The highest BCUT2D eigenvalue weighted by Crippen LogP contribution is 2.24. The molecule has 0 heterocycles. The zero-order valence-electron chi connectivity index (χ0n) is 15.0. The fraction of sp³-hybridized carbons (Fsp3) is 0.211. The molecule has 142 valence electrons. The normalized spacial score (nSPS) is 10.5. The lowest BCUT2D eigenvalue weighted by Crippen LogP contribution is -2.24. The molecule has 8 heteroatoms. The number of rotatable bonds is 8. The molecule has 0 radical (unpaired) electrons. The SMILES string of the molecule is CCOc1ccc(NC(=O)CC(=O)NN=Cc2ccc(OC)c(Br)c2)cc1. The summed E-state index contributed by atoms with van der Waals surface area (Å²) in [5.41, 5.74) is 3.68. The molecule has 0 aliphatic heterocycles. The summed E-state index contributed by atoms with van der Waals surface area (Å²) in [5, 5.41) is 6.49. The summed E-state index contributed by atoms with van der Waals surface area (Å²) in [6.07, 6.45) is 1.14. The molecule has 7 nitrogen and oxygen atoms in total. The van der Waals surface area contributed by atoms with Gasteiger partial charge in [0.2, 0.25) is 11.8 Å². The second-order valence-corrected chi connectivity index (χ2v) is 6.22. The molecule has 0 atom stereocenters. The minimum absolute atomic E-state index is 0.336. The summed E-state index contributed by atoms with van der Waals surface area (Å²) in [4.78, 5) is 23.7. The van der Waals surface area contributed by atoms with Crippen molar-refractivity contribution in [1.29, 1.82) is 0 Å². The Kier molecular flexibility index (Phi) is 7.81. The van der Waals surface area contributed by atoms with Crippen molar-refractivity contribution in [3.8, 4) is 11.5 Å². The van der Waals surface area contributed by atoms with E-state index in [0.29, 0.717) is 23.8 Å². The van der Waals surface area contributed by atoms with Crippen molar-refractivity contribution in [2.24, 2.45) is 5.10 Å². The van der Waals surface area contributed by atoms with Crippen LogP contribution in [0.4, 0.5) is 5.69 Å². The average Bonchev–Trinajstić information content (AvgIpc) is 2.63. The van der Waals surface area contributed by atoms with E-state index in [0.717, 1.165) is 10.0 Å². The fourth-order valence-electron chi connectivity index (χ4n) is 2.13. The van der Waals surface area contributed by atoms with Crippen LogP contribution >= 0.6 is 15.9 Å². The van der Waals surface area contributed by atoms with Gasteiger partial charge in [0.15, 0.2) is 0 Å². The van der Waals surface area contributed by atoms with Gasteiger partial charge < -0.3 is 14.8 Å². The number of carbonyl (C=O) groups excluding carboxylic acids is 2. The number of nitrogens with one attached hydrogen (secondary N) is 2. The molecule has 0 bridgehead atoms. The predicted molar refractivity (Wildman–Crippen MR) is 107 cm³/mol. The van der Waals surface area contributed by atoms with Gasteiger partial charge in [-0.05, 0) is 70.9 Å². The number of carbonyl (C=O) groups is 2. The van der Waals surface area contributed by atoms with Crippen molar-refractivity contribution in [3.63, 3.8) is 0 Å². The summed E-state index contributed by atoms with van der Waals surface area (Å²) in [6.45, 7) is 2.46. The Bertz CT molecular complexity index is 822. The van der Waals surface area contributed by atoms with Gasteiger partial charge in [-0.3, -0.25) is 9.59 Å². The van der Waals surface area contributed by atoms with Crippen LogP contribution in [0.3, 0.4) is 0 Å². The van der Waals surface area contributed by atoms with Crippen LogP contribution in [0.5, 0.6) is 11.5 Å². The van der Waals surface area contributed by atoms with E-state index in [1.807, 2.05) is 6.92 Å². The van der Waals surface area contributed by atoms with E-state index in [1.54, 1.807) is 49.6 Å². The molecule has 0 saturated carbocycles. The Balaban J connectivity index is 1.80. The number of benzene rings is 2. The number of methoxy groups -OCH3 is 1. The molecule has 0 unspecified atom stereocenters. The molecule has 2 aromatic rings. The van der Waals surface area contributed by atoms with Gasteiger partial charge in [0, 0.05) is 5.69 Å². The molecule has 0 aliphatic carbocycles. The maximum Gasteiger partial charge on any atom is 0.249 e. The summed E-state index contributed by atoms with van der Waals surface area (Å²) in [7, 11) is 1.58. The van der Waals surface area contributed by atoms with Crippen LogP contribution in [0.15, 0.2) is 52.0 Å². The van der Waals surface area contributed by atoms with Gasteiger partial charge in [0.05, 0.1) is 24.4 Å². The van der Waals surface area contributed by atoms with E-state index in [2.05, 4.69) is 31.8 Å². The number of amides is 2. The number of anilines is 1. The van der Waals surface area contributed by atoms with Crippen molar-refractivity contribution >= 4 is 39.6 Å². The van der Waals surface area contributed by atoms with Crippen LogP contribution in [0.1, 0.15) is 18.9 Å². The Labute approximate surface area is 165 Å². The number of hydrazone groups is 1. The van der Waals surface area contributed by atoms with Crippen molar-refractivity contribution in [2.75, 3.05) is 19.0 Å². The lowest BCUT2D eigenvalue weighted by atomic mass is 10.2. The fourth-order valence-corrected chi connectivity index (χ4v) is 2.69. The Morgan fingerprint density at radius 3 is 2.52 bits per heavy atom. The van der Waals surface area contributed by atoms with Crippen molar-refractivity contribution in [3.05, 3.63) is 52.5 Å². The first-order chi connectivity index (χ1) is 13.0. The molecule has 2 N–H and O–H groups in total. The molecule has 0 aromatic heterocycles. The lowest BCUT2D eigenvalue weighted by molar-refractivity contribution is -0.126. The third-order valence-electron chi connectivity index (χ3n) is 3.35. The van der Waals surface area contributed by atoms with Gasteiger partial charge in [-0.1, -0.05) is 0 Å². The van der Waals surface area contributed by atoms with E-state index in [1.165, 1.54) is 6.21 Å². The second kappa shape index (κ2) is 10.3. The Morgan fingerprint density at radius 2 is 1.89 bits per heavy atom. The summed E-state index contributed by atoms with van der Waals surface area (Å²) in [5.74, 6) is 0.469. The van der Waals surface area contributed by atoms with Crippen LogP contribution < -0.4 is 20.2 Å². The topological polar surface area (TPSA) is 89.0 Å². The predicted octanol–water partition coefficient (Wildman–Crippen LogP) is 3.34. The summed E-state index contributed by atoms with van der Waals surface area (Å²) < 4.78 is 11.2. The van der Waals surface area contributed by atoms with Crippen molar-refractivity contribution < 1.29 is 19.1 Å². The maximum atomic E-state index is 11.9. The van der Waals surface area contributed by atoms with Gasteiger partial charge in [-0.15, -0.1) is 0 Å². The quantitative estimate of drug-likeness (QED) is 0.379. The standard InChI is InChI=1S/C19H20BrN3O4/c1-3-27-15-7-5-14(6-8-15)22-18(24)11-19(25)23-21-12-13-4-9-17(26-2)16(20)10-13/h4-10,12H,3,11H2,1-2H3,(H,22,24)(H,23,25). The van der Waals surface area contributed by atoms with Crippen molar-refractivity contribution in [1.82, 2.24) is 5.43 Å². The zero-order chi connectivity index (χ0) is 19.6. The molecule has 2 aromatic carbocycles. The molecule has 0 fully saturated rings. The number of halogens is 1. The maximum absolute atomic E-state index is 11.9. The third kappa shape index (κ3) is 6.74. The molecule has 2 rings (SSSR count). The lowest BCUT2D eigenvalue weighted by Gasteiger charge is -2.06. The first kappa shape index (κ1) is 20.4.